The van der Waals surface area contributed by atoms with E-state index in [1.807, 2.05) is 0 Å². The fourth-order valence-corrected chi connectivity index (χ4v) is 1.40. The highest BCUT2D eigenvalue weighted by Crippen LogP contribution is 2.14. The molecule has 0 fully saturated rings. The first kappa shape index (κ1) is 12.0. The number of carbonyl (C=O) groups is 2. The molecule has 0 aliphatic rings. The molecule has 0 aliphatic heterocycles. The number of carboxylic acid groups (broad SMARTS) is 2. The van der Waals surface area contributed by atoms with Gasteiger partial charge in [0.15, 0.2) is 0 Å². The summed E-state index contributed by atoms with van der Waals surface area (Å²) in [5.74, 6) is -3.11. The van der Waals surface area contributed by atoms with E-state index in [9.17, 15) is 9.59 Å². The Morgan fingerprint density at radius 3 is 2.19 bits per heavy atom. The van der Waals surface area contributed by atoms with Crippen LogP contribution >= 0.6 is 0 Å². The van der Waals surface area contributed by atoms with Gasteiger partial charge in [-0.05, 0) is 24.1 Å². The lowest BCUT2D eigenvalue weighted by molar-refractivity contribution is -0.148. The number of aliphatic carboxylic acids is 2. The molecule has 0 amide bonds. The first-order valence-corrected chi connectivity index (χ1v) is 4.78. The van der Waals surface area contributed by atoms with Crippen LogP contribution in [0.4, 0.5) is 5.69 Å². The minimum absolute atomic E-state index is 0.196. The second-order valence-corrected chi connectivity index (χ2v) is 3.58. The van der Waals surface area contributed by atoms with E-state index in [4.69, 9.17) is 15.9 Å². The van der Waals surface area contributed by atoms with Crippen molar-refractivity contribution in [2.24, 2.45) is 5.92 Å². The van der Waals surface area contributed by atoms with Crippen LogP contribution in [-0.2, 0) is 16.0 Å². The summed E-state index contributed by atoms with van der Waals surface area (Å²) in [5.41, 5.74) is 6.85. The normalized spacial score (nSPS) is 12.0. The molecular weight excluding hydrogens is 210 g/mol. The van der Waals surface area contributed by atoms with Crippen molar-refractivity contribution in [3.05, 3.63) is 29.8 Å². The maximum absolute atomic E-state index is 10.8. The average molecular weight is 223 g/mol. The molecule has 0 saturated carbocycles. The summed E-state index contributed by atoms with van der Waals surface area (Å²) in [7, 11) is 0. The molecule has 0 bridgehead atoms. The molecule has 0 heterocycles. The third-order valence-corrected chi connectivity index (χ3v) is 2.23. The second kappa shape index (κ2) is 5.16. The molecule has 5 heteroatoms. The molecule has 1 atom stereocenters. The van der Waals surface area contributed by atoms with Gasteiger partial charge in [0.2, 0.25) is 0 Å². The number of anilines is 1. The highest BCUT2D eigenvalue weighted by molar-refractivity contribution is 5.78. The van der Waals surface area contributed by atoms with Crippen molar-refractivity contribution in [2.75, 3.05) is 5.73 Å². The smallest absolute Gasteiger partial charge is 0.307 e. The van der Waals surface area contributed by atoms with Gasteiger partial charge in [-0.2, -0.15) is 0 Å². The summed E-state index contributed by atoms with van der Waals surface area (Å²) in [4.78, 5) is 21.3. The van der Waals surface area contributed by atoms with Gasteiger partial charge in [0.05, 0.1) is 12.3 Å². The van der Waals surface area contributed by atoms with Crippen molar-refractivity contribution in [3.63, 3.8) is 0 Å². The molecule has 0 radical (unpaired) electrons. The zero-order valence-electron chi connectivity index (χ0n) is 8.59. The monoisotopic (exact) mass is 223 g/mol. The maximum Gasteiger partial charge on any atom is 0.307 e. The Kier molecular flexibility index (Phi) is 3.88. The van der Waals surface area contributed by atoms with Crippen LogP contribution in [0.25, 0.3) is 0 Å². The lowest BCUT2D eigenvalue weighted by Gasteiger charge is -2.09. The Balaban J connectivity index is 2.71. The van der Waals surface area contributed by atoms with E-state index in [-0.39, 0.29) is 12.8 Å². The van der Waals surface area contributed by atoms with Crippen molar-refractivity contribution in [2.45, 2.75) is 12.8 Å². The van der Waals surface area contributed by atoms with E-state index >= 15 is 0 Å². The Morgan fingerprint density at radius 2 is 1.75 bits per heavy atom. The number of carboxylic acids is 2. The first-order chi connectivity index (χ1) is 7.49. The number of rotatable bonds is 5. The van der Waals surface area contributed by atoms with Gasteiger partial charge >= 0.3 is 11.9 Å². The molecule has 1 unspecified atom stereocenters. The fraction of sp³-hybridized carbons (Fsp3) is 0.273. The largest absolute Gasteiger partial charge is 0.481 e. The lowest BCUT2D eigenvalue weighted by atomic mass is 9.96. The zero-order chi connectivity index (χ0) is 12.1. The number of nitrogen functional groups attached to an aromatic ring is 1. The summed E-state index contributed by atoms with van der Waals surface area (Å²) >= 11 is 0. The van der Waals surface area contributed by atoms with Gasteiger partial charge < -0.3 is 15.9 Å². The average Bonchev–Trinajstić information content (AvgIpc) is 2.19. The van der Waals surface area contributed by atoms with Crippen LogP contribution in [0, 0.1) is 5.92 Å². The van der Waals surface area contributed by atoms with Crippen LogP contribution in [0.3, 0.4) is 0 Å². The molecule has 4 N–H and O–H groups in total. The third-order valence-electron chi connectivity index (χ3n) is 2.23. The molecule has 0 aliphatic carbocycles. The van der Waals surface area contributed by atoms with E-state index in [2.05, 4.69) is 0 Å². The highest BCUT2D eigenvalue weighted by atomic mass is 16.4. The molecule has 1 rings (SSSR count). The van der Waals surface area contributed by atoms with Gasteiger partial charge in [-0.15, -0.1) is 0 Å². The fourth-order valence-electron chi connectivity index (χ4n) is 1.40. The minimum Gasteiger partial charge on any atom is -0.481 e. The Hall–Kier alpha value is -2.04. The quantitative estimate of drug-likeness (QED) is 0.646. The third kappa shape index (κ3) is 3.61. The lowest BCUT2D eigenvalue weighted by Crippen LogP contribution is -2.20. The Bertz CT molecular complexity index is 385. The van der Waals surface area contributed by atoms with Crippen molar-refractivity contribution in [1.29, 1.82) is 0 Å². The van der Waals surface area contributed by atoms with Crippen molar-refractivity contribution >= 4 is 17.6 Å². The molecule has 0 spiro atoms. The molecule has 1 aromatic carbocycles. The van der Waals surface area contributed by atoms with Gasteiger partial charge in [0, 0.05) is 5.69 Å². The summed E-state index contributed by atoms with van der Waals surface area (Å²) in [5, 5.41) is 17.4. The SMILES string of the molecule is Nc1ccc(CC(CC(=O)O)C(=O)O)cc1. The van der Waals surface area contributed by atoms with Gasteiger partial charge in [0.1, 0.15) is 0 Å². The second-order valence-electron chi connectivity index (χ2n) is 3.58. The summed E-state index contributed by atoms with van der Waals surface area (Å²) in [6.07, 6.45) is -0.179. The van der Waals surface area contributed by atoms with E-state index in [0.29, 0.717) is 5.69 Å². The van der Waals surface area contributed by atoms with Crippen LogP contribution in [-0.4, -0.2) is 22.2 Å². The van der Waals surface area contributed by atoms with Crippen LogP contribution in [0.5, 0.6) is 0 Å². The maximum atomic E-state index is 10.8. The predicted molar refractivity (Wildman–Crippen MR) is 57.9 cm³/mol. The Labute approximate surface area is 92.5 Å². The van der Waals surface area contributed by atoms with Crippen molar-refractivity contribution in [3.8, 4) is 0 Å². The molecular formula is C11H13NO4. The van der Waals surface area contributed by atoms with Gasteiger partial charge in [-0.1, -0.05) is 12.1 Å². The summed E-state index contributed by atoms with van der Waals surface area (Å²) in [6.45, 7) is 0. The molecule has 1 aromatic rings. The number of nitrogens with two attached hydrogens (primary N) is 1. The van der Waals surface area contributed by atoms with Gasteiger partial charge in [-0.25, -0.2) is 0 Å². The summed E-state index contributed by atoms with van der Waals surface area (Å²) in [6, 6.07) is 6.73. The van der Waals surface area contributed by atoms with E-state index in [1.54, 1.807) is 24.3 Å². The minimum atomic E-state index is -1.11. The zero-order valence-corrected chi connectivity index (χ0v) is 8.59. The molecule has 16 heavy (non-hydrogen) atoms. The molecule has 5 nitrogen and oxygen atoms in total. The number of hydrogen-bond donors (Lipinski definition) is 3. The van der Waals surface area contributed by atoms with Crippen LogP contribution in [0.15, 0.2) is 24.3 Å². The van der Waals surface area contributed by atoms with Crippen molar-refractivity contribution < 1.29 is 19.8 Å². The summed E-state index contributed by atoms with van der Waals surface area (Å²) < 4.78 is 0. The molecule has 0 saturated heterocycles. The topological polar surface area (TPSA) is 101 Å². The van der Waals surface area contributed by atoms with E-state index in [1.165, 1.54) is 0 Å². The van der Waals surface area contributed by atoms with Crippen molar-refractivity contribution in [1.82, 2.24) is 0 Å². The molecule has 0 aromatic heterocycles. The first-order valence-electron chi connectivity index (χ1n) is 4.78. The Morgan fingerprint density at radius 1 is 1.19 bits per heavy atom. The number of benzene rings is 1. The van der Waals surface area contributed by atoms with Crippen LogP contribution in [0.1, 0.15) is 12.0 Å². The van der Waals surface area contributed by atoms with Crippen LogP contribution < -0.4 is 5.73 Å². The van der Waals surface area contributed by atoms with E-state index in [0.717, 1.165) is 5.56 Å². The van der Waals surface area contributed by atoms with Gasteiger partial charge in [0.25, 0.3) is 0 Å². The molecule has 86 valence electrons. The predicted octanol–water partition coefficient (Wildman–Crippen LogP) is 0.987. The van der Waals surface area contributed by atoms with Gasteiger partial charge in [-0.3, -0.25) is 9.59 Å². The van der Waals surface area contributed by atoms with E-state index < -0.39 is 17.9 Å². The van der Waals surface area contributed by atoms with Crippen LogP contribution in [0.2, 0.25) is 0 Å². The number of hydrogen-bond acceptors (Lipinski definition) is 3. The standard InChI is InChI=1S/C11H13NO4/c12-9-3-1-7(2-4-9)5-8(11(15)16)6-10(13)14/h1-4,8H,5-6,12H2,(H,13,14)(H,15,16). The highest BCUT2D eigenvalue weighted by Gasteiger charge is 2.21.